The molecule has 246 valence electrons. The number of rotatable bonds is 29. The molecule has 0 aliphatic rings. The topological polar surface area (TPSA) is 74.2 Å². The quantitative estimate of drug-likeness (QED) is 0.0385. The van der Waals surface area contributed by atoms with E-state index in [0.29, 0.717) is 24.2 Å². The Kier molecular flexibility index (Phi) is 23.9. The van der Waals surface area contributed by atoms with Crippen molar-refractivity contribution in [1.82, 2.24) is 0 Å². The summed E-state index contributed by atoms with van der Waals surface area (Å²) >= 11 is 2.37. The minimum atomic E-state index is -4.08. The minimum Gasteiger partial charge on any atom is -0.379 e. The Balaban J connectivity index is 1.82. The number of methoxy groups -OCH3 is 1. The first kappa shape index (κ1) is 40.0. The van der Waals surface area contributed by atoms with E-state index < -0.39 is 13.9 Å². The van der Waals surface area contributed by atoms with Crippen molar-refractivity contribution < 1.29 is 32.5 Å². The third kappa shape index (κ3) is 25.3. The molecule has 2 unspecified atom stereocenters. The van der Waals surface area contributed by atoms with E-state index in [1.807, 2.05) is 21.1 Å². The maximum absolute atomic E-state index is 12.0. The summed E-state index contributed by atoms with van der Waals surface area (Å²) in [5, 5.41) is 0. The van der Waals surface area contributed by atoms with Crippen LogP contribution in [0.25, 0.3) is 0 Å². The van der Waals surface area contributed by atoms with Crippen molar-refractivity contribution >= 4 is 30.4 Å². The first-order valence-electron chi connectivity index (χ1n) is 16.4. The normalized spacial score (nSPS) is 14.2. The van der Waals surface area contributed by atoms with E-state index in [-0.39, 0.29) is 13.2 Å². The Bertz CT molecular complexity index is 805. The molecule has 7 nitrogen and oxygen atoms in total. The van der Waals surface area contributed by atoms with Crippen LogP contribution in [0.3, 0.4) is 0 Å². The van der Waals surface area contributed by atoms with Crippen LogP contribution in [0.4, 0.5) is 0 Å². The van der Waals surface area contributed by atoms with E-state index in [2.05, 4.69) is 46.9 Å². The lowest BCUT2D eigenvalue weighted by atomic mass is 10.0. The van der Waals surface area contributed by atoms with E-state index in [1.54, 1.807) is 7.11 Å². The predicted octanol–water partition coefficient (Wildman–Crippen LogP) is 8.95. The fourth-order valence-electron chi connectivity index (χ4n) is 4.70. The number of quaternary nitrogens is 1. The zero-order valence-corrected chi connectivity index (χ0v) is 30.3. The summed E-state index contributed by atoms with van der Waals surface area (Å²) < 4.78 is 35.1. The average molecular weight is 724 g/mol. The van der Waals surface area contributed by atoms with Crippen LogP contribution in [-0.2, 0) is 29.5 Å². The van der Waals surface area contributed by atoms with E-state index in [0.717, 1.165) is 6.42 Å². The Hall–Kier alpha value is -0.0600. The number of halogens is 1. The van der Waals surface area contributed by atoms with Gasteiger partial charge in [-0.15, -0.1) is 0 Å². The van der Waals surface area contributed by atoms with Crippen LogP contribution in [0.15, 0.2) is 24.3 Å². The Morgan fingerprint density at radius 2 is 1.19 bits per heavy atom. The number of hydrogen-bond acceptors (Lipinski definition) is 5. The van der Waals surface area contributed by atoms with Crippen molar-refractivity contribution in [1.29, 1.82) is 0 Å². The van der Waals surface area contributed by atoms with Crippen LogP contribution in [0, 0.1) is 3.57 Å². The first-order chi connectivity index (χ1) is 20.1. The number of likely N-dealkylation sites (N-methyl/N-ethyl adjacent to an activating group) is 1. The molecule has 1 aromatic carbocycles. The van der Waals surface area contributed by atoms with Crippen LogP contribution in [0.2, 0.25) is 0 Å². The molecule has 0 aliphatic heterocycles. The maximum atomic E-state index is 12.0. The van der Waals surface area contributed by atoms with Crippen molar-refractivity contribution in [3.8, 4) is 0 Å². The van der Waals surface area contributed by atoms with Gasteiger partial charge < -0.3 is 18.9 Å². The highest BCUT2D eigenvalue weighted by Gasteiger charge is 2.24. The van der Waals surface area contributed by atoms with Crippen molar-refractivity contribution in [2.75, 3.05) is 61.2 Å². The number of aryl methyl sites for hydroxylation is 1. The lowest BCUT2D eigenvalue weighted by molar-refractivity contribution is -0.870. The smallest absolute Gasteiger partial charge is 0.379 e. The molecule has 0 spiro atoms. The molecule has 0 saturated heterocycles. The Labute approximate surface area is 271 Å². The number of nitrogens with zero attached hydrogens (tertiary/aromatic N) is 1. The summed E-state index contributed by atoms with van der Waals surface area (Å²) in [6.45, 7) is 1.74. The second-order valence-corrected chi connectivity index (χ2v) is 15.3. The van der Waals surface area contributed by atoms with Gasteiger partial charge in [0, 0.05) is 17.3 Å². The van der Waals surface area contributed by atoms with Crippen LogP contribution < -0.4 is 0 Å². The second kappa shape index (κ2) is 25.2. The fraction of sp³-hybridized carbons (Fsp3) is 0.818. The summed E-state index contributed by atoms with van der Waals surface area (Å²) in [6, 6.07) is 8.96. The average Bonchev–Trinajstić information content (AvgIpc) is 2.93. The molecule has 0 saturated carbocycles. The lowest BCUT2D eigenvalue weighted by Gasteiger charge is -2.24. The van der Waals surface area contributed by atoms with Gasteiger partial charge >= 0.3 is 7.82 Å². The molecule has 0 aliphatic carbocycles. The standard InChI is InChI=1S/C33H61INO6P/c1-35(2,3)26-28-40-42(36,37)41-30-33(38-4)29-39-27-20-18-16-14-12-10-8-6-5-7-9-11-13-15-17-19-21-31-22-24-32(34)25-23-31/h22-25,33H,5-21,26-30H2,1-4H3/p+1/i34-3. The molecule has 0 heterocycles. The van der Waals surface area contributed by atoms with Gasteiger partial charge in [-0.1, -0.05) is 102 Å². The number of unbranched alkanes of at least 4 members (excludes halogenated alkanes) is 15. The molecule has 1 rings (SSSR count). The molecule has 1 aromatic rings. The Morgan fingerprint density at radius 1 is 0.714 bits per heavy atom. The third-order valence-corrected chi connectivity index (χ3v) is 9.20. The number of benzene rings is 1. The van der Waals surface area contributed by atoms with Gasteiger partial charge in [0.1, 0.15) is 19.3 Å². The van der Waals surface area contributed by atoms with Gasteiger partial charge in [-0.2, -0.15) is 0 Å². The molecule has 0 aromatic heterocycles. The molecule has 0 amide bonds. The molecule has 0 fully saturated rings. The molecule has 42 heavy (non-hydrogen) atoms. The van der Waals surface area contributed by atoms with Crippen LogP contribution in [0.5, 0.6) is 0 Å². The largest absolute Gasteiger partial charge is 0.472 e. The Morgan fingerprint density at radius 3 is 1.67 bits per heavy atom. The monoisotopic (exact) mass is 723 g/mol. The number of ether oxygens (including phenoxy) is 2. The lowest BCUT2D eigenvalue weighted by Crippen LogP contribution is -2.37. The molecule has 1 N–H and O–H groups in total. The van der Waals surface area contributed by atoms with Crippen LogP contribution in [0.1, 0.15) is 108 Å². The van der Waals surface area contributed by atoms with Crippen molar-refractivity contribution in [2.45, 2.75) is 115 Å². The van der Waals surface area contributed by atoms with Gasteiger partial charge in [0.15, 0.2) is 0 Å². The van der Waals surface area contributed by atoms with Gasteiger partial charge in [-0.25, -0.2) is 4.57 Å². The summed E-state index contributed by atoms with van der Waals surface area (Å²) in [5.74, 6) is 0. The van der Waals surface area contributed by atoms with Gasteiger partial charge in [0.05, 0.1) is 34.4 Å². The maximum Gasteiger partial charge on any atom is 0.472 e. The number of hydrogen-bond donors (Lipinski definition) is 1. The van der Waals surface area contributed by atoms with E-state index >= 15 is 0 Å². The van der Waals surface area contributed by atoms with Crippen LogP contribution >= 0.6 is 30.4 Å². The van der Waals surface area contributed by atoms with Gasteiger partial charge in [-0.3, -0.25) is 9.05 Å². The fourth-order valence-corrected chi connectivity index (χ4v) is 5.80. The molecular formula is C33H62INO6P+. The molecule has 0 radical (unpaired) electrons. The number of phosphoric acid groups is 1. The third-order valence-electron chi connectivity index (χ3n) is 7.49. The first-order valence-corrected chi connectivity index (χ1v) is 19.0. The predicted molar refractivity (Wildman–Crippen MR) is 183 cm³/mol. The SMILES string of the molecule is COC(COCCCCCCCCCCCCCCCCCCc1ccc([124I])cc1)COP(=O)(O)OCC[N+](C)(C)C. The van der Waals surface area contributed by atoms with Gasteiger partial charge in [-0.05, 0) is 59.5 Å². The van der Waals surface area contributed by atoms with Crippen molar-refractivity contribution in [3.63, 3.8) is 0 Å². The van der Waals surface area contributed by atoms with E-state index in [1.165, 1.54) is 112 Å². The van der Waals surface area contributed by atoms with Crippen molar-refractivity contribution in [2.24, 2.45) is 0 Å². The van der Waals surface area contributed by atoms with E-state index in [9.17, 15) is 9.46 Å². The molecular weight excluding hydrogens is 661 g/mol. The molecule has 0 bridgehead atoms. The minimum absolute atomic E-state index is 0.0378. The van der Waals surface area contributed by atoms with Gasteiger partial charge in [0.25, 0.3) is 0 Å². The van der Waals surface area contributed by atoms with Crippen molar-refractivity contribution in [3.05, 3.63) is 33.4 Å². The molecule has 9 heteroatoms. The number of phosphoric ester groups is 1. The highest BCUT2D eigenvalue weighted by atomic mass is 124. The zero-order valence-electron chi connectivity index (χ0n) is 27.2. The summed E-state index contributed by atoms with van der Waals surface area (Å²) in [7, 11) is 3.44. The zero-order chi connectivity index (χ0) is 30.9. The summed E-state index contributed by atoms with van der Waals surface area (Å²) in [6.07, 6.45) is 22.2. The summed E-state index contributed by atoms with van der Waals surface area (Å²) in [4.78, 5) is 9.83. The highest BCUT2D eigenvalue weighted by Crippen LogP contribution is 2.43. The highest BCUT2D eigenvalue weighted by molar-refractivity contribution is 14.1. The molecule has 2 atom stereocenters. The van der Waals surface area contributed by atoms with E-state index in [4.69, 9.17) is 18.5 Å². The van der Waals surface area contributed by atoms with Crippen LogP contribution in [-0.4, -0.2) is 76.7 Å². The second-order valence-electron chi connectivity index (χ2n) is 12.6. The van der Waals surface area contributed by atoms with Gasteiger partial charge in [0.2, 0.25) is 0 Å². The summed E-state index contributed by atoms with van der Waals surface area (Å²) in [5.41, 5.74) is 1.48.